The summed E-state index contributed by atoms with van der Waals surface area (Å²) >= 11 is 0. The van der Waals surface area contributed by atoms with Gasteiger partial charge in [0.05, 0.1) is 13.2 Å². The van der Waals surface area contributed by atoms with Crippen LogP contribution < -0.4 is 0 Å². The minimum Gasteiger partial charge on any atom is -0.378 e. The molecule has 3 rings (SSSR count). The van der Waals surface area contributed by atoms with Gasteiger partial charge < -0.3 is 9.84 Å². The van der Waals surface area contributed by atoms with Gasteiger partial charge in [-0.05, 0) is 16.7 Å². The molecular weight excluding hydrogens is 236 g/mol. The zero-order valence-corrected chi connectivity index (χ0v) is 10.6. The average molecular weight is 252 g/mol. The quantitative estimate of drug-likeness (QED) is 0.890. The molecular formula is C17H16O2. The van der Waals surface area contributed by atoms with Crippen LogP contribution in [0.2, 0.25) is 0 Å². The Morgan fingerprint density at radius 3 is 2.26 bits per heavy atom. The van der Waals surface area contributed by atoms with Gasteiger partial charge in [-0.15, -0.1) is 0 Å². The third-order valence-electron chi connectivity index (χ3n) is 3.49. The fourth-order valence-corrected chi connectivity index (χ4v) is 2.41. The molecule has 0 unspecified atom stereocenters. The smallest absolute Gasteiger partial charge is 0.136 e. The third kappa shape index (κ3) is 2.33. The van der Waals surface area contributed by atoms with Gasteiger partial charge in [-0.25, -0.2) is 0 Å². The Hall–Kier alpha value is -1.90. The summed E-state index contributed by atoms with van der Waals surface area (Å²) in [6.45, 7) is 0.788. The van der Waals surface area contributed by atoms with E-state index in [1.807, 2.05) is 66.7 Å². The molecule has 1 heterocycles. The van der Waals surface area contributed by atoms with Crippen LogP contribution in [0.3, 0.4) is 0 Å². The van der Waals surface area contributed by atoms with Crippen LogP contribution >= 0.6 is 0 Å². The molecule has 2 aromatic rings. The summed E-state index contributed by atoms with van der Waals surface area (Å²) < 4.78 is 5.48. The Morgan fingerprint density at radius 1 is 0.947 bits per heavy atom. The molecule has 0 amide bonds. The lowest BCUT2D eigenvalue weighted by atomic mass is 9.88. The van der Waals surface area contributed by atoms with Gasteiger partial charge in [0.2, 0.25) is 0 Å². The Kier molecular flexibility index (Phi) is 3.20. The van der Waals surface area contributed by atoms with E-state index < -0.39 is 5.60 Å². The highest BCUT2D eigenvalue weighted by atomic mass is 16.5. The van der Waals surface area contributed by atoms with Gasteiger partial charge in [0.1, 0.15) is 5.60 Å². The average Bonchev–Trinajstić information content (AvgIpc) is 2.84. The van der Waals surface area contributed by atoms with E-state index in [9.17, 15) is 5.11 Å². The molecule has 19 heavy (non-hydrogen) atoms. The first-order valence-corrected chi connectivity index (χ1v) is 6.41. The van der Waals surface area contributed by atoms with Gasteiger partial charge in [-0.3, -0.25) is 0 Å². The molecule has 0 radical (unpaired) electrons. The predicted molar refractivity (Wildman–Crippen MR) is 75.6 cm³/mol. The summed E-state index contributed by atoms with van der Waals surface area (Å²) in [7, 11) is 0. The Balaban J connectivity index is 2.00. The molecule has 1 aliphatic rings. The summed E-state index contributed by atoms with van der Waals surface area (Å²) in [5, 5.41) is 10.9. The maximum Gasteiger partial charge on any atom is 0.136 e. The molecule has 1 saturated heterocycles. The van der Waals surface area contributed by atoms with Crippen molar-refractivity contribution < 1.29 is 9.84 Å². The van der Waals surface area contributed by atoms with Crippen molar-refractivity contribution in [2.45, 2.75) is 5.60 Å². The maximum atomic E-state index is 10.9. The Bertz CT molecular complexity index is 575. The third-order valence-corrected chi connectivity index (χ3v) is 3.49. The van der Waals surface area contributed by atoms with Crippen molar-refractivity contribution in [3.8, 4) is 0 Å². The van der Waals surface area contributed by atoms with E-state index >= 15 is 0 Å². The molecule has 0 saturated carbocycles. The van der Waals surface area contributed by atoms with Crippen LogP contribution in [0.5, 0.6) is 0 Å². The summed E-state index contributed by atoms with van der Waals surface area (Å²) in [5.74, 6) is 0. The van der Waals surface area contributed by atoms with E-state index in [4.69, 9.17) is 4.74 Å². The number of aliphatic hydroxyl groups is 1. The SMILES string of the molecule is O[C@]1(c2ccccc2)COC/C1=C/c1ccccc1. The van der Waals surface area contributed by atoms with Crippen LogP contribution in [0.15, 0.2) is 66.2 Å². The van der Waals surface area contributed by atoms with Crippen molar-refractivity contribution >= 4 is 6.08 Å². The van der Waals surface area contributed by atoms with Crippen LogP contribution in [-0.2, 0) is 10.3 Å². The van der Waals surface area contributed by atoms with Crippen LogP contribution in [0.1, 0.15) is 11.1 Å². The highest BCUT2D eigenvalue weighted by Crippen LogP contribution is 2.35. The van der Waals surface area contributed by atoms with Crippen LogP contribution in [-0.4, -0.2) is 18.3 Å². The minimum absolute atomic E-state index is 0.315. The minimum atomic E-state index is -1.00. The second-order valence-corrected chi connectivity index (χ2v) is 4.80. The summed E-state index contributed by atoms with van der Waals surface area (Å²) in [6.07, 6.45) is 2.01. The number of hydrogen-bond acceptors (Lipinski definition) is 2. The first-order chi connectivity index (χ1) is 9.29. The van der Waals surface area contributed by atoms with Crippen molar-refractivity contribution in [1.29, 1.82) is 0 Å². The molecule has 2 heteroatoms. The molecule has 2 nitrogen and oxygen atoms in total. The van der Waals surface area contributed by atoms with Crippen molar-refractivity contribution in [3.63, 3.8) is 0 Å². The highest BCUT2D eigenvalue weighted by molar-refractivity contribution is 5.57. The number of rotatable bonds is 2. The van der Waals surface area contributed by atoms with E-state index in [1.165, 1.54) is 0 Å². The molecule has 96 valence electrons. The normalized spacial score (nSPS) is 24.8. The van der Waals surface area contributed by atoms with Crippen molar-refractivity contribution in [1.82, 2.24) is 0 Å². The van der Waals surface area contributed by atoms with Gasteiger partial charge in [0, 0.05) is 0 Å². The van der Waals surface area contributed by atoms with Gasteiger partial charge >= 0.3 is 0 Å². The fraction of sp³-hybridized carbons (Fsp3) is 0.176. The van der Waals surface area contributed by atoms with E-state index in [0.717, 1.165) is 16.7 Å². The predicted octanol–water partition coefficient (Wildman–Crippen LogP) is 2.99. The van der Waals surface area contributed by atoms with Crippen molar-refractivity contribution in [3.05, 3.63) is 77.4 Å². The first kappa shape index (κ1) is 12.2. The molecule has 0 aliphatic carbocycles. The lowest BCUT2D eigenvalue weighted by Gasteiger charge is -2.23. The van der Waals surface area contributed by atoms with Gasteiger partial charge in [0.15, 0.2) is 0 Å². The molecule has 1 fully saturated rings. The highest BCUT2D eigenvalue weighted by Gasteiger charge is 2.38. The van der Waals surface area contributed by atoms with Crippen LogP contribution in [0.25, 0.3) is 6.08 Å². The molecule has 0 spiro atoms. The van der Waals surface area contributed by atoms with Crippen LogP contribution in [0, 0.1) is 0 Å². The number of hydrogen-bond donors (Lipinski definition) is 1. The second kappa shape index (κ2) is 5.00. The van der Waals surface area contributed by atoms with Crippen molar-refractivity contribution in [2.75, 3.05) is 13.2 Å². The van der Waals surface area contributed by atoms with Gasteiger partial charge in [-0.1, -0.05) is 66.7 Å². The van der Waals surface area contributed by atoms with E-state index in [1.54, 1.807) is 0 Å². The topological polar surface area (TPSA) is 29.5 Å². The summed E-state index contributed by atoms with van der Waals surface area (Å²) in [4.78, 5) is 0. The first-order valence-electron chi connectivity index (χ1n) is 6.41. The molecule has 1 aliphatic heterocycles. The summed E-state index contributed by atoms with van der Waals surface area (Å²) in [5.41, 5.74) is 1.87. The van der Waals surface area contributed by atoms with Gasteiger partial charge in [0.25, 0.3) is 0 Å². The lowest BCUT2D eigenvalue weighted by molar-refractivity contribution is 0.0402. The zero-order chi connectivity index (χ0) is 13.1. The van der Waals surface area contributed by atoms with Crippen LogP contribution in [0.4, 0.5) is 0 Å². The molecule has 1 N–H and O–H groups in total. The standard InChI is InChI=1S/C17H16O2/c18-17(15-9-5-2-6-10-15)13-19-12-16(17)11-14-7-3-1-4-8-14/h1-11,18H,12-13H2/b16-11-/t17-/m0/s1. The molecule has 0 bridgehead atoms. The largest absolute Gasteiger partial charge is 0.378 e. The Labute approximate surface area is 113 Å². The van der Waals surface area contributed by atoms with E-state index in [0.29, 0.717) is 13.2 Å². The fourth-order valence-electron chi connectivity index (χ4n) is 2.41. The Morgan fingerprint density at radius 2 is 1.58 bits per heavy atom. The zero-order valence-electron chi connectivity index (χ0n) is 10.6. The summed E-state index contributed by atoms with van der Waals surface area (Å²) in [6, 6.07) is 19.7. The molecule has 0 aromatic heterocycles. The van der Waals surface area contributed by atoms with Crippen molar-refractivity contribution in [2.24, 2.45) is 0 Å². The number of ether oxygens (including phenoxy) is 1. The van der Waals surface area contributed by atoms with E-state index in [-0.39, 0.29) is 0 Å². The molecule has 1 atom stereocenters. The molecule has 2 aromatic carbocycles. The second-order valence-electron chi connectivity index (χ2n) is 4.80. The monoisotopic (exact) mass is 252 g/mol. The maximum absolute atomic E-state index is 10.9. The number of benzene rings is 2. The van der Waals surface area contributed by atoms with E-state index in [2.05, 4.69) is 0 Å². The lowest BCUT2D eigenvalue weighted by Crippen LogP contribution is -2.27. The van der Waals surface area contributed by atoms with Gasteiger partial charge in [-0.2, -0.15) is 0 Å².